The number of nitro groups is 1. The van der Waals surface area contributed by atoms with Gasteiger partial charge in [0.25, 0.3) is 5.96 Å². The number of hydrazone groups is 1. The molecule has 0 bridgehead atoms. The molecule has 1 saturated heterocycles. The summed E-state index contributed by atoms with van der Waals surface area (Å²) < 4.78 is 0. The summed E-state index contributed by atoms with van der Waals surface area (Å²) in [4.78, 5) is 16.1. The molecule has 1 N–H and O–H groups in total. The molecular formula is C9H11N5O2. The molecule has 0 unspecified atom stereocenters. The molecule has 7 nitrogen and oxygen atoms in total. The smallest absolute Gasteiger partial charge is 0.271 e. The molecule has 1 aliphatic rings. The fourth-order valence-electron chi connectivity index (χ4n) is 1.56. The first kappa shape index (κ1) is 10.3. The molecule has 0 spiro atoms. The number of nitrogens with zero attached hydrogens (tertiary/aromatic N) is 4. The van der Waals surface area contributed by atoms with Crippen molar-refractivity contribution >= 4 is 5.96 Å². The normalized spacial score (nSPS) is 17.5. The largest absolute Gasteiger partial charge is 0.349 e. The van der Waals surface area contributed by atoms with Crippen LogP contribution < -0.4 is 5.32 Å². The number of nitrogens with one attached hydrogen (secondary N) is 1. The zero-order chi connectivity index (χ0) is 11.4. The lowest BCUT2D eigenvalue weighted by Crippen LogP contribution is -2.30. The molecule has 84 valence electrons. The van der Waals surface area contributed by atoms with E-state index in [1.54, 1.807) is 12.4 Å². The SMILES string of the molecule is O=[N+]([O-])N=C1NCCN1Cc1cccnc1. The van der Waals surface area contributed by atoms with E-state index < -0.39 is 5.03 Å². The first-order valence-corrected chi connectivity index (χ1v) is 4.86. The van der Waals surface area contributed by atoms with Crippen molar-refractivity contribution in [3.05, 3.63) is 40.2 Å². The molecule has 0 atom stereocenters. The second-order valence-electron chi connectivity index (χ2n) is 3.37. The minimum Gasteiger partial charge on any atom is -0.349 e. The van der Waals surface area contributed by atoms with Gasteiger partial charge in [0.05, 0.1) is 0 Å². The molecule has 0 saturated carbocycles. The van der Waals surface area contributed by atoms with Gasteiger partial charge in [0, 0.05) is 32.0 Å². The first-order valence-electron chi connectivity index (χ1n) is 4.86. The molecule has 7 heteroatoms. The Bertz CT molecular complexity index is 406. The molecule has 16 heavy (non-hydrogen) atoms. The van der Waals surface area contributed by atoms with E-state index in [-0.39, 0.29) is 0 Å². The average molecular weight is 221 g/mol. The zero-order valence-corrected chi connectivity index (χ0v) is 8.54. The number of rotatable bonds is 3. The minimum atomic E-state index is -0.691. The highest BCUT2D eigenvalue weighted by atomic mass is 16.7. The van der Waals surface area contributed by atoms with Gasteiger partial charge in [-0.15, -0.1) is 0 Å². The van der Waals surface area contributed by atoms with E-state index in [0.717, 1.165) is 5.56 Å². The Kier molecular flexibility index (Phi) is 2.95. The fourth-order valence-corrected chi connectivity index (χ4v) is 1.56. The quantitative estimate of drug-likeness (QED) is 0.575. The van der Waals surface area contributed by atoms with E-state index in [1.165, 1.54) is 0 Å². The van der Waals surface area contributed by atoms with Crippen molar-refractivity contribution in [1.29, 1.82) is 0 Å². The van der Waals surface area contributed by atoms with Gasteiger partial charge in [-0.3, -0.25) is 4.98 Å². The monoisotopic (exact) mass is 221 g/mol. The maximum absolute atomic E-state index is 10.3. The van der Waals surface area contributed by atoms with Gasteiger partial charge in [-0.05, 0) is 11.6 Å². The van der Waals surface area contributed by atoms with Crippen LogP contribution in [0, 0.1) is 10.1 Å². The summed E-state index contributed by atoms with van der Waals surface area (Å²) in [5.74, 6) is 0.314. The highest BCUT2D eigenvalue weighted by Gasteiger charge is 2.21. The minimum absolute atomic E-state index is 0.314. The summed E-state index contributed by atoms with van der Waals surface area (Å²) in [5.41, 5.74) is 1.00. The number of pyridine rings is 1. The Morgan fingerprint density at radius 2 is 2.56 bits per heavy atom. The van der Waals surface area contributed by atoms with Gasteiger partial charge in [-0.2, -0.15) is 0 Å². The van der Waals surface area contributed by atoms with Crippen LogP contribution in [0.15, 0.2) is 29.6 Å². The molecule has 0 aliphatic carbocycles. The van der Waals surface area contributed by atoms with Crippen molar-refractivity contribution < 1.29 is 5.03 Å². The van der Waals surface area contributed by atoms with Crippen molar-refractivity contribution in [3.8, 4) is 0 Å². The lowest BCUT2D eigenvalue weighted by atomic mass is 10.3. The maximum atomic E-state index is 10.3. The molecule has 0 amide bonds. The summed E-state index contributed by atoms with van der Waals surface area (Å²) in [6, 6.07) is 3.76. The second-order valence-corrected chi connectivity index (χ2v) is 3.37. The van der Waals surface area contributed by atoms with Gasteiger partial charge < -0.3 is 10.2 Å². The molecule has 1 aromatic heterocycles. The zero-order valence-electron chi connectivity index (χ0n) is 8.54. The number of aromatic nitrogens is 1. The van der Waals surface area contributed by atoms with Crippen molar-refractivity contribution in [2.45, 2.75) is 6.54 Å². The van der Waals surface area contributed by atoms with Crippen LogP contribution in [0.2, 0.25) is 0 Å². The molecule has 1 aromatic rings. The van der Waals surface area contributed by atoms with E-state index in [1.807, 2.05) is 17.0 Å². The van der Waals surface area contributed by atoms with E-state index in [2.05, 4.69) is 15.4 Å². The second kappa shape index (κ2) is 4.56. The third-order valence-electron chi connectivity index (χ3n) is 2.24. The number of hydrogen-bond acceptors (Lipinski definition) is 3. The van der Waals surface area contributed by atoms with Gasteiger partial charge in [0.15, 0.2) is 5.03 Å². The van der Waals surface area contributed by atoms with Gasteiger partial charge in [0.1, 0.15) is 5.10 Å². The van der Waals surface area contributed by atoms with Gasteiger partial charge in [0.2, 0.25) is 0 Å². The summed E-state index contributed by atoms with van der Waals surface area (Å²) >= 11 is 0. The molecule has 2 heterocycles. The summed E-state index contributed by atoms with van der Waals surface area (Å²) in [6.07, 6.45) is 3.43. The Balaban J connectivity index is 2.07. The molecular weight excluding hydrogens is 210 g/mol. The van der Waals surface area contributed by atoms with Gasteiger partial charge in [-0.1, -0.05) is 6.07 Å². The van der Waals surface area contributed by atoms with Crippen LogP contribution in [0.3, 0.4) is 0 Å². The third kappa shape index (κ3) is 2.44. The van der Waals surface area contributed by atoms with Crippen LogP contribution in [0.5, 0.6) is 0 Å². The van der Waals surface area contributed by atoms with Crippen LogP contribution in [0.25, 0.3) is 0 Å². The maximum Gasteiger partial charge on any atom is 0.271 e. The highest BCUT2D eigenvalue weighted by molar-refractivity contribution is 5.81. The lowest BCUT2D eigenvalue weighted by molar-refractivity contribution is -0.485. The van der Waals surface area contributed by atoms with Crippen LogP contribution in [-0.4, -0.2) is 34.0 Å². The topological polar surface area (TPSA) is 83.7 Å². The van der Waals surface area contributed by atoms with Crippen molar-refractivity contribution in [1.82, 2.24) is 15.2 Å². The number of guanidine groups is 1. The van der Waals surface area contributed by atoms with Crippen molar-refractivity contribution in [3.63, 3.8) is 0 Å². The predicted octanol–water partition coefficient (Wildman–Crippen LogP) is 0.0345. The lowest BCUT2D eigenvalue weighted by Gasteiger charge is -2.14. The Morgan fingerprint density at radius 3 is 3.25 bits per heavy atom. The highest BCUT2D eigenvalue weighted by Crippen LogP contribution is 2.06. The summed E-state index contributed by atoms with van der Waals surface area (Å²) in [5, 5.41) is 15.8. The molecule has 1 fully saturated rings. The Hall–Kier alpha value is -2.18. The van der Waals surface area contributed by atoms with Crippen molar-refractivity contribution in [2.75, 3.05) is 13.1 Å². The first-order chi connectivity index (χ1) is 7.75. The van der Waals surface area contributed by atoms with Crippen LogP contribution in [0.1, 0.15) is 5.56 Å². The summed E-state index contributed by atoms with van der Waals surface area (Å²) in [7, 11) is 0. The van der Waals surface area contributed by atoms with E-state index >= 15 is 0 Å². The van der Waals surface area contributed by atoms with Crippen molar-refractivity contribution in [2.24, 2.45) is 5.10 Å². The average Bonchev–Trinajstić information content (AvgIpc) is 2.66. The molecule has 0 aromatic carbocycles. The predicted molar refractivity (Wildman–Crippen MR) is 57.1 cm³/mol. The van der Waals surface area contributed by atoms with Crippen LogP contribution in [-0.2, 0) is 6.54 Å². The van der Waals surface area contributed by atoms with Crippen LogP contribution >= 0.6 is 0 Å². The molecule has 1 aliphatic heterocycles. The molecule has 2 rings (SSSR count). The number of hydrogen-bond donors (Lipinski definition) is 1. The summed E-state index contributed by atoms with van der Waals surface area (Å²) in [6.45, 7) is 1.96. The third-order valence-corrected chi connectivity index (χ3v) is 2.24. The van der Waals surface area contributed by atoms with Crippen LogP contribution in [0.4, 0.5) is 0 Å². The standard InChI is InChI=1S/C9H11N5O2/c15-14(16)12-9-11-4-5-13(9)7-8-2-1-3-10-6-8/h1-3,6H,4-5,7H2,(H,11,12). The fraction of sp³-hybridized carbons (Fsp3) is 0.333. The Labute approximate surface area is 91.9 Å². The van der Waals surface area contributed by atoms with E-state index in [9.17, 15) is 10.1 Å². The Morgan fingerprint density at radius 1 is 1.69 bits per heavy atom. The van der Waals surface area contributed by atoms with Gasteiger partial charge in [-0.25, -0.2) is 10.1 Å². The van der Waals surface area contributed by atoms with E-state index in [4.69, 9.17) is 0 Å². The van der Waals surface area contributed by atoms with Gasteiger partial charge >= 0.3 is 0 Å². The van der Waals surface area contributed by atoms with E-state index in [0.29, 0.717) is 25.6 Å². The molecule has 0 radical (unpaired) electrons.